The molecule has 2 aliphatic heterocycles. The van der Waals surface area contributed by atoms with Gasteiger partial charge in [-0.15, -0.1) is 0 Å². The number of amides is 2. The van der Waals surface area contributed by atoms with Gasteiger partial charge in [-0.25, -0.2) is 14.8 Å². The minimum Gasteiger partial charge on any atom is -0.480 e. The first-order chi connectivity index (χ1) is 17.9. The number of aliphatic hydroxyl groups excluding tert-OH is 1. The summed E-state index contributed by atoms with van der Waals surface area (Å²) in [4.78, 5) is 34.1. The number of rotatable bonds is 10. The standard InChI is InChI=1S/C24H29ClN6O6/c25-21-17-6-13(5-14(17)8-28-23(21)36-11-15(26)10-32)7-27-4-3-16-9-31(24(34)37-16)19-2-1-18-22(29-19)30-20(33)12-35-18/h1-2,8,13,15-16,27,32H,3-7,9-12,26H2,(H,29,30,33)/t13?,15-,16?/m1/s1. The number of carbonyl (C=O) groups excluding carboxylic acids is 2. The van der Waals surface area contributed by atoms with E-state index in [9.17, 15) is 9.59 Å². The van der Waals surface area contributed by atoms with Crippen molar-refractivity contribution in [2.24, 2.45) is 11.7 Å². The number of nitrogens with two attached hydrogens (primary N) is 1. The van der Waals surface area contributed by atoms with Crippen LogP contribution in [0.1, 0.15) is 17.5 Å². The number of ether oxygens (including phenoxy) is 3. The first-order valence-electron chi connectivity index (χ1n) is 12.2. The molecule has 13 heteroatoms. The van der Waals surface area contributed by atoms with Crippen LogP contribution in [0.25, 0.3) is 0 Å². The van der Waals surface area contributed by atoms with Crippen LogP contribution in [0.15, 0.2) is 18.3 Å². The molecular formula is C24H29ClN6O6. The van der Waals surface area contributed by atoms with Gasteiger partial charge in [-0.2, -0.15) is 0 Å². The predicted molar refractivity (Wildman–Crippen MR) is 134 cm³/mol. The topological polar surface area (TPSA) is 161 Å². The number of hydrogen-bond acceptors (Lipinski definition) is 10. The quantitative estimate of drug-likeness (QED) is 0.323. The second-order valence-electron chi connectivity index (χ2n) is 9.37. The van der Waals surface area contributed by atoms with Crippen molar-refractivity contribution in [1.82, 2.24) is 15.3 Å². The van der Waals surface area contributed by atoms with E-state index in [1.165, 1.54) is 4.90 Å². The lowest BCUT2D eigenvalue weighted by molar-refractivity contribution is -0.118. The van der Waals surface area contributed by atoms with Gasteiger partial charge in [0.05, 0.1) is 19.2 Å². The van der Waals surface area contributed by atoms with E-state index < -0.39 is 12.1 Å². The Balaban J connectivity index is 1.07. The molecule has 1 saturated heterocycles. The fourth-order valence-corrected chi connectivity index (χ4v) is 4.93. The summed E-state index contributed by atoms with van der Waals surface area (Å²) in [5.74, 6) is 1.59. The molecule has 3 aliphatic rings. The lowest BCUT2D eigenvalue weighted by Crippen LogP contribution is -2.31. The van der Waals surface area contributed by atoms with Gasteiger partial charge in [0.25, 0.3) is 5.91 Å². The number of cyclic esters (lactones) is 1. The van der Waals surface area contributed by atoms with Crippen LogP contribution in [0.2, 0.25) is 5.02 Å². The fraction of sp³-hybridized carbons (Fsp3) is 0.500. The van der Waals surface area contributed by atoms with Crippen LogP contribution in [-0.4, -0.2) is 78.7 Å². The Labute approximate surface area is 218 Å². The molecule has 5 rings (SSSR count). The highest BCUT2D eigenvalue weighted by Gasteiger charge is 2.34. The number of nitrogens with one attached hydrogen (secondary N) is 2. The molecule has 1 aliphatic carbocycles. The van der Waals surface area contributed by atoms with Crippen LogP contribution in [0.4, 0.5) is 16.4 Å². The van der Waals surface area contributed by atoms with Gasteiger partial charge >= 0.3 is 6.09 Å². The molecule has 2 amide bonds. The molecule has 0 spiro atoms. The van der Waals surface area contributed by atoms with Gasteiger partial charge < -0.3 is 35.7 Å². The predicted octanol–water partition coefficient (Wildman–Crippen LogP) is 0.879. The molecule has 2 aromatic rings. The second kappa shape index (κ2) is 11.1. The number of halogens is 1. The first-order valence-corrected chi connectivity index (χ1v) is 12.6. The molecule has 2 unspecified atom stereocenters. The second-order valence-corrected chi connectivity index (χ2v) is 9.75. The largest absolute Gasteiger partial charge is 0.480 e. The molecule has 5 N–H and O–H groups in total. The first kappa shape index (κ1) is 25.5. The summed E-state index contributed by atoms with van der Waals surface area (Å²) in [5.41, 5.74) is 7.83. The Kier molecular flexibility index (Phi) is 7.60. The molecule has 12 nitrogen and oxygen atoms in total. The number of aliphatic hydroxyl groups is 1. The average molecular weight is 533 g/mol. The number of carbonyl (C=O) groups is 2. The van der Waals surface area contributed by atoms with E-state index in [4.69, 9.17) is 36.7 Å². The molecule has 0 bridgehead atoms. The van der Waals surface area contributed by atoms with Crippen molar-refractivity contribution in [2.75, 3.05) is 49.7 Å². The lowest BCUT2D eigenvalue weighted by atomic mass is 10.1. The number of hydrogen-bond donors (Lipinski definition) is 4. The molecule has 37 heavy (non-hydrogen) atoms. The minimum absolute atomic E-state index is 0.0538. The maximum Gasteiger partial charge on any atom is 0.415 e. The summed E-state index contributed by atoms with van der Waals surface area (Å²) in [7, 11) is 0. The minimum atomic E-state index is -0.485. The molecule has 0 radical (unpaired) electrons. The van der Waals surface area contributed by atoms with E-state index in [1.807, 2.05) is 0 Å². The molecule has 2 aromatic heterocycles. The Bertz CT molecular complexity index is 1180. The summed E-state index contributed by atoms with van der Waals surface area (Å²) < 4.78 is 16.4. The SMILES string of the molecule is N[C@H](CO)COc1ncc2c(c1Cl)CC(CNCCC1CN(c3ccc4c(n3)NC(=O)CO4)C(=O)O1)C2. The maximum absolute atomic E-state index is 12.4. The molecular weight excluding hydrogens is 504 g/mol. The van der Waals surface area contributed by atoms with Crippen molar-refractivity contribution < 1.29 is 28.9 Å². The van der Waals surface area contributed by atoms with Crippen LogP contribution >= 0.6 is 11.6 Å². The molecule has 1 fully saturated rings. The highest BCUT2D eigenvalue weighted by molar-refractivity contribution is 6.32. The zero-order chi connectivity index (χ0) is 25.9. The molecule has 0 aromatic carbocycles. The van der Waals surface area contributed by atoms with Gasteiger partial charge in [-0.3, -0.25) is 9.69 Å². The molecule has 198 valence electrons. The normalized spacial score (nSPS) is 21.1. The maximum atomic E-state index is 12.4. The number of fused-ring (bicyclic) bond motifs is 2. The van der Waals surface area contributed by atoms with Crippen LogP contribution in [0.5, 0.6) is 11.6 Å². The highest BCUT2D eigenvalue weighted by Crippen LogP contribution is 2.36. The highest BCUT2D eigenvalue weighted by atomic mass is 35.5. The molecule has 3 atom stereocenters. The van der Waals surface area contributed by atoms with Crippen molar-refractivity contribution >= 4 is 35.2 Å². The van der Waals surface area contributed by atoms with Crippen molar-refractivity contribution in [3.05, 3.63) is 34.5 Å². The van der Waals surface area contributed by atoms with E-state index in [2.05, 4.69) is 20.6 Å². The van der Waals surface area contributed by atoms with Crippen molar-refractivity contribution in [3.63, 3.8) is 0 Å². The monoisotopic (exact) mass is 532 g/mol. The number of anilines is 2. The Morgan fingerprint density at radius 3 is 3.05 bits per heavy atom. The van der Waals surface area contributed by atoms with Gasteiger partial charge in [0.2, 0.25) is 5.88 Å². The van der Waals surface area contributed by atoms with Crippen LogP contribution < -0.4 is 30.7 Å². The third-order valence-electron chi connectivity index (χ3n) is 6.53. The van der Waals surface area contributed by atoms with E-state index in [0.29, 0.717) is 53.7 Å². The number of aromatic nitrogens is 2. The summed E-state index contributed by atoms with van der Waals surface area (Å²) in [6.45, 7) is 1.76. The average Bonchev–Trinajstić information content (AvgIpc) is 3.49. The van der Waals surface area contributed by atoms with Crippen molar-refractivity contribution in [3.8, 4) is 11.6 Å². The van der Waals surface area contributed by atoms with Gasteiger partial charge in [-0.05, 0) is 61.5 Å². The Morgan fingerprint density at radius 2 is 2.22 bits per heavy atom. The third kappa shape index (κ3) is 5.72. The van der Waals surface area contributed by atoms with E-state index in [1.54, 1.807) is 18.3 Å². The van der Waals surface area contributed by atoms with Gasteiger partial charge in [0, 0.05) is 6.20 Å². The van der Waals surface area contributed by atoms with Gasteiger partial charge in [0.15, 0.2) is 18.2 Å². The van der Waals surface area contributed by atoms with Crippen LogP contribution in [0, 0.1) is 5.92 Å². The summed E-state index contributed by atoms with van der Waals surface area (Å²) >= 11 is 6.52. The summed E-state index contributed by atoms with van der Waals surface area (Å²) in [5, 5.41) is 15.7. The zero-order valence-corrected chi connectivity index (χ0v) is 20.9. The number of nitrogens with zero attached hydrogens (tertiary/aromatic N) is 3. The lowest BCUT2D eigenvalue weighted by Gasteiger charge is -2.19. The van der Waals surface area contributed by atoms with E-state index in [0.717, 1.165) is 30.5 Å². The Morgan fingerprint density at radius 1 is 1.35 bits per heavy atom. The summed E-state index contributed by atoms with van der Waals surface area (Å²) in [6.07, 6.45) is 3.38. The zero-order valence-electron chi connectivity index (χ0n) is 20.1. The Hall–Kier alpha value is -3.19. The van der Waals surface area contributed by atoms with Gasteiger partial charge in [-0.1, -0.05) is 11.6 Å². The number of pyridine rings is 2. The van der Waals surface area contributed by atoms with Gasteiger partial charge in [0.1, 0.15) is 23.6 Å². The summed E-state index contributed by atoms with van der Waals surface area (Å²) in [6, 6.07) is 2.87. The van der Waals surface area contributed by atoms with Crippen LogP contribution in [0.3, 0.4) is 0 Å². The van der Waals surface area contributed by atoms with E-state index >= 15 is 0 Å². The fourth-order valence-electron chi connectivity index (χ4n) is 4.63. The van der Waals surface area contributed by atoms with Crippen molar-refractivity contribution in [1.29, 1.82) is 0 Å². The van der Waals surface area contributed by atoms with Crippen molar-refractivity contribution in [2.45, 2.75) is 31.4 Å². The smallest absolute Gasteiger partial charge is 0.415 e. The third-order valence-corrected chi connectivity index (χ3v) is 6.92. The molecule has 4 heterocycles. The van der Waals surface area contributed by atoms with E-state index in [-0.39, 0.29) is 31.8 Å². The molecule has 0 saturated carbocycles. The van der Waals surface area contributed by atoms with Crippen LogP contribution in [-0.2, 0) is 22.4 Å².